The van der Waals surface area contributed by atoms with E-state index in [0.717, 1.165) is 6.42 Å². The van der Waals surface area contributed by atoms with E-state index in [4.69, 9.17) is 9.16 Å². The number of rotatable bonds is 5. The minimum absolute atomic E-state index is 0.0820. The van der Waals surface area contributed by atoms with Gasteiger partial charge < -0.3 is 9.16 Å². The van der Waals surface area contributed by atoms with Crippen molar-refractivity contribution in [1.29, 1.82) is 0 Å². The van der Waals surface area contributed by atoms with Crippen LogP contribution in [0.3, 0.4) is 0 Å². The van der Waals surface area contributed by atoms with Crippen LogP contribution in [-0.2, 0) is 14.0 Å². The summed E-state index contributed by atoms with van der Waals surface area (Å²) in [5.41, 5.74) is 0.0365. The lowest BCUT2D eigenvalue weighted by Gasteiger charge is -2.42. The number of hydrogen-bond donors (Lipinski definition) is 0. The Morgan fingerprint density at radius 2 is 1.50 bits per heavy atom. The van der Waals surface area contributed by atoms with Crippen LogP contribution in [0.1, 0.15) is 48.0 Å². The second kappa shape index (κ2) is 8.82. The predicted octanol–water partition coefficient (Wildman–Crippen LogP) is 4.66. The van der Waals surface area contributed by atoms with Gasteiger partial charge in [0.15, 0.2) is 0 Å². The van der Waals surface area contributed by atoms with Gasteiger partial charge in [-0.05, 0) is 42.6 Å². The number of fused-ring (bicyclic) bond motifs is 1. The number of ether oxygens (including phenoxy) is 1. The number of carbonyl (C=O) groups excluding carboxylic acids is 2. The molecule has 1 saturated carbocycles. The number of likely N-dealkylation sites (tertiary alicyclic amines) is 1. The van der Waals surface area contributed by atoms with Crippen LogP contribution >= 0.6 is 0 Å². The van der Waals surface area contributed by atoms with E-state index in [1.54, 1.807) is 0 Å². The standard InChI is InChI=1S/C28H35NO4Si/c1-27(2,3)33-26(31)29-24-19-23(24)22(25(29)30)17-18-32-34(28(4,5)6,20-13-9-7-10-14-20)21-15-11-8-12-16-21/h7-17,23-24H,18-19H2,1-6H3/b22-17-. The molecule has 0 bridgehead atoms. The summed E-state index contributed by atoms with van der Waals surface area (Å²) >= 11 is 0. The molecule has 180 valence electrons. The molecule has 0 radical (unpaired) electrons. The summed E-state index contributed by atoms with van der Waals surface area (Å²) in [6.45, 7) is 12.4. The Labute approximate surface area is 203 Å². The van der Waals surface area contributed by atoms with Gasteiger partial charge in [-0.3, -0.25) is 4.79 Å². The second-order valence-electron chi connectivity index (χ2n) is 11.2. The molecule has 1 aliphatic carbocycles. The van der Waals surface area contributed by atoms with Crippen LogP contribution in [0.25, 0.3) is 0 Å². The van der Waals surface area contributed by atoms with Crippen LogP contribution in [0.5, 0.6) is 0 Å². The molecule has 2 aliphatic rings. The van der Waals surface area contributed by atoms with Crippen molar-refractivity contribution in [2.24, 2.45) is 5.92 Å². The van der Waals surface area contributed by atoms with E-state index in [1.807, 2.05) is 39.0 Å². The summed E-state index contributed by atoms with van der Waals surface area (Å²) in [6.07, 6.45) is 2.15. The molecule has 0 aromatic heterocycles. The average Bonchev–Trinajstić information content (AvgIpc) is 3.47. The summed E-state index contributed by atoms with van der Waals surface area (Å²) in [5.74, 6) is -0.163. The highest BCUT2D eigenvalue weighted by molar-refractivity contribution is 6.99. The zero-order valence-electron chi connectivity index (χ0n) is 21.0. The van der Waals surface area contributed by atoms with Gasteiger partial charge in [0.1, 0.15) is 5.60 Å². The lowest BCUT2D eigenvalue weighted by Crippen LogP contribution is -2.66. The first-order valence-electron chi connectivity index (χ1n) is 12.0. The van der Waals surface area contributed by atoms with Crippen LogP contribution < -0.4 is 10.4 Å². The Balaban J connectivity index is 1.62. The molecule has 5 nitrogen and oxygen atoms in total. The smallest absolute Gasteiger partial charge is 0.417 e. The molecular weight excluding hydrogens is 442 g/mol. The summed E-state index contributed by atoms with van der Waals surface area (Å²) in [4.78, 5) is 27.0. The molecule has 2 fully saturated rings. The summed E-state index contributed by atoms with van der Waals surface area (Å²) in [6, 6.07) is 20.8. The van der Waals surface area contributed by atoms with Crippen LogP contribution in [0.4, 0.5) is 4.79 Å². The molecule has 4 rings (SSSR count). The number of imide groups is 1. The topological polar surface area (TPSA) is 55.8 Å². The van der Waals surface area contributed by atoms with E-state index < -0.39 is 20.0 Å². The van der Waals surface area contributed by atoms with Crippen molar-refractivity contribution in [3.8, 4) is 0 Å². The van der Waals surface area contributed by atoms with Gasteiger partial charge in [0.05, 0.1) is 12.6 Å². The number of hydrogen-bond acceptors (Lipinski definition) is 4. The molecule has 2 aromatic rings. The summed E-state index contributed by atoms with van der Waals surface area (Å²) in [5, 5.41) is 2.26. The maximum atomic E-state index is 13.1. The monoisotopic (exact) mass is 477 g/mol. The number of carbonyl (C=O) groups is 2. The van der Waals surface area contributed by atoms with Crippen molar-refractivity contribution in [2.45, 2.75) is 64.6 Å². The third-order valence-electron chi connectivity index (χ3n) is 6.56. The Hall–Kier alpha value is -2.70. The number of amides is 2. The maximum absolute atomic E-state index is 13.1. The molecule has 2 aromatic carbocycles. The highest BCUT2D eigenvalue weighted by Crippen LogP contribution is 2.49. The Bertz CT molecular complexity index is 1040. The van der Waals surface area contributed by atoms with E-state index in [-0.39, 0.29) is 22.9 Å². The summed E-state index contributed by atoms with van der Waals surface area (Å²) < 4.78 is 12.4. The van der Waals surface area contributed by atoms with E-state index in [9.17, 15) is 9.59 Å². The van der Waals surface area contributed by atoms with Gasteiger partial charge in [-0.1, -0.05) is 87.5 Å². The van der Waals surface area contributed by atoms with Gasteiger partial charge in [0, 0.05) is 11.5 Å². The zero-order chi connectivity index (χ0) is 24.7. The van der Waals surface area contributed by atoms with Crippen molar-refractivity contribution in [3.63, 3.8) is 0 Å². The Kier molecular flexibility index (Phi) is 6.34. The van der Waals surface area contributed by atoms with E-state index in [1.165, 1.54) is 15.3 Å². The third-order valence-corrected chi connectivity index (χ3v) is 11.6. The van der Waals surface area contributed by atoms with Gasteiger partial charge in [0.25, 0.3) is 14.2 Å². The van der Waals surface area contributed by atoms with Crippen molar-refractivity contribution < 1.29 is 18.8 Å². The highest BCUT2D eigenvalue weighted by atomic mass is 28.4. The molecule has 2 unspecified atom stereocenters. The SMILES string of the molecule is CC(C)(C)OC(=O)N1C(=O)/C(=C\CO[Si](c2ccccc2)(c2ccccc2)C(C)(C)C)C2CC21. The Morgan fingerprint density at radius 3 is 1.97 bits per heavy atom. The average molecular weight is 478 g/mol. The van der Waals surface area contributed by atoms with Gasteiger partial charge >= 0.3 is 6.09 Å². The first kappa shape index (κ1) is 24.4. The molecule has 0 spiro atoms. The molecule has 0 N–H and O–H groups in total. The lowest BCUT2D eigenvalue weighted by atomic mass is 10.2. The first-order chi connectivity index (χ1) is 16.0. The lowest BCUT2D eigenvalue weighted by molar-refractivity contribution is -0.125. The fraction of sp³-hybridized carbons (Fsp3) is 0.429. The second-order valence-corrected chi connectivity index (χ2v) is 15.5. The highest BCUT2D eigenvalue weighted by Gasteiger charge is 2.58. The van der Waals surface area contributed by atoms with Crippen LogP contribution in [0.2, 0.25) is 5.04 Å². The number of nitrogens with zero attached hydrogens (tertiary/aromatic N) is 1. The molecule has 2 amide bonds. The Morgan fingerprint density at radius 1 is 0.971 bits per heavy atom. The fourth-order valence-electron chi connectivity index (χ4n) is 5.04. The minimum Gasteiger partial charge on any atom is -0.443 e. The molecule has 6 heteroatoms. The zero-order valence-corrected chi connectivity index (χ0v) is 22.0. The predicted molar refractivity (Wildman–Crippen MR) is 137 cm³/mol. The largest absolute Gasteiger partial charge is 0.443 e. The van der Waals surface area contributed by atoms with Crippen LogP contribution in [0.15, 0.2) is 72.3 Å². The van der Waals surface area contributed by atoms with Gasteiger partial charge in [-0.2, -0.15) is 0 Å². The molecule has 2 atom stereocenters. The molecule has 34 heavy (non-hydrogen) atoms. The molecule has 1 aliphatic heterocycles. The van der Waals surface area contributed by atoms with E-state index in [0.29, 0.717) is 12.2 Å². The normalized spacial score (nSPS) is 21.5. The van der Waals surface area contributed by atoms with Crippen molar-refractivity contribution in [1.82, 2.24) is 4.90 Å². The van der Waals surface area contributed by atoms with E-state index >= 15 is 0 Å². The first-order valence-corrected chi connectivity index (χ1v) is 13.9. The van der Waals surface area contributed by atoms with Gasteiger partial charge in [0.2, 0.25) is 0 Å². The number of piperidine rings is 1. The molecular formula is C28H35NO4Si. The van der Waals surface area contributed by atoms with Gasteiger partial charge in [-0.25, -0.2) is 9.69 Å². The van der Waals surface area contributed by atoms with Crippen LogP contribution in [-0.4, -0.2) is 43.5 Å². The summed E-state index contributed by atoms with van der Waals surface area (Å²) in [7, 11) is -2.68. The quantitative estimate of drug-likeness (QED) is 0.464. The van der Waals surface area contributed by atoms with Gasteiger partial charge in [-0.15, -0.1) is 0 Å². The molecule has 1 heterocycles. The fourth-order valence-corrected chi connectivity index (χ4v) is 9.52. The maximum Gasteiger partial charge on any atom is 0.417 e. The molecule has 1 saturated heterocycles. The van der Waals surface area contributed by atoms with Crippen LogP contribution in [0, 0.1) is 5.92 Å². The minimum atomic E-state index is -2.68. The van der Waals surface area contributed by atoms with Crippen molar-refractivity contribution in [2.75, 3.05) is 6.61 Å². The van der Waals surface area contributed by atoms with Crippen molar-refractivity contribution >= 4 is 30.7 Å². The van der Waals surface area contributed by atoms with Crippen molar-refractivity contribution in [3.05, 3.63) is 72.3 Å². The number of benzene rings is 2. The van der Waals surface area contributed by atoms with E-state index in [2.05, 4.69) is 69.3 Å². The third kappa shape index (κ3) is 4.49.